The SMILES string of the molecule is Cc1ccc(C)c(OCCCC(C)(CF)C(=O)O)c1. The van der Waals surface area contributed by atoms with Gasteiger partial charge in [0.1, 0.15) is 12.4 Å². The van der Waals surface area contributed by atoms with Crippen LogP contribution in [0, 0.1) is 19.3 Å². The Morgan fingerprint density at radius 3 is 2.68 bits per heavy atom. The summed E-state index contributed by atoms with van der Waals surface area (Å²) >= 11 is 0. The molecule has 1 aromatic carbocycles. The van der Waals surface area contributed by atoms with Crippen LogP contribution in [0.15, 0.2) is 18.2 Å². The van der Waals surface area contributed by atoms with Gasteiger partial charge in [0.15, 0.2) is 0 Å². The molecule has 0 aliphatic carbocycles. The van der Waals surface area contributed by atoms with Gasteiger partial charge in [0.2, 0.25) is 0 Å². The topological polar surface area (TPSA) is 46.5 Å². The van der Waals surface area contributed by atoms with Gasteiger partial charge < -0.3 is 9.84 Å². The van der Waals surface area contributed by atoms with Crippen molar-refractivity contribution in [3.8, 4) is 5.75 Å². The molecular formula is C15H21FO3. The molecule has 1 unspecified atom stereocenters. The largest absolute Gasteiger partial charge is 0.493 e. The van der Waals surface area contributed by atoms with Gasteiger partial charge in [-0.25, -0.2) is 4.39 Å². The molecule has 1 atom stereocenters. The maximum absolute atomic E-state index is 12.7. The van der Waals surface area contributed by atoms with E-state index in [4.69, 9.17) is 9.84 Å². The Morgan fingerprint density at radius 1 is 1.42 bits per heavy atom. The first kappa shape index (κ1) is 15.5. The number of aryl methyl sites for hydroxylation is 2. The molecule has 3 nitrogen and oxygen atoms in total. The lowest BCUT2D eigenvalue weighted by molar-refractivity contribution is -0.149. The number of hydrogen-bond donors (Lipinski definition) is 1. The molecular weight excluding hydrogens is 247 g/mol. The number of halogens is 1. The predicted octanol–water partition coefficient (Wildman–Crippen LogP) is 3.52. The third-order valence-corrected chi connectivity index (χ3v) is 3.29. The predicted molar refractivity (Wildman–Crippen MR) is 72.4 cm³/mol. The number of hydrogen-bond acceptors (Lipinski definition) is 2. The second kappa shape index (κ2) is 6.55. The van der Waals surface area contributed by atoms with Gasteiger partial charge in [-0.2, -0.15) is 0 Å². The van der Waals surface area contributed by atoms with Gasteiger partial charge in [-0.05, 0) is 50.8 Å². The average molecular weight is 268 g/mol. The summed E-state index contributed by atoms with van der Waals surface area (Å²) in [5.74, 6) is -0.293. The molecule has 0 amide bonds. The van der Waals surface area contributed by atoms with Gasteiger partial charge in [-0.3, -0.25) is 4.79 Å². The lowest BCUT2D eigenvalue weighted by Gasteiger charge is -2.20. The molecule has 0 saturated carbocycles. The second-order valence-corrected chi connectivity index (χ2v) is 5.22. The fraction of sp³-hybridized carbons (Fsp3) is 0.533. The van der Waals surface area contributed by atoms with Crippen LogP contribution in [0.5, 0.6) is 5.75 Å². The highest BCUT2D eigenvalue weighted by atomic mass is 19.1. The maximum Gasteiger partial charge on any atom is 0.312 e. The van der Waals surface area contributed by atoms with Crippen LogP contribution >= 0.6 is 0 Å². The molecule has 0 fully saturated rings. The summed E-state index contributed by atoms with van der Waals surface area (Å²) in [5.41, 5.74) is 0.849. The van der Waals surface area contributed by atoms with Crippen molar-refractivity contribution in [2.75, 3.05) is 13.3 Å². The van der Waals surface area contributed by atoms with E-state index in [2.05, 4.69) is 0 Å². The third-order valence-electron chi connectivity index (χ3n) is 3.29. The second-order valence-electron chi connectivity index (χ2n) is 5.22. The van der Waals surface area contributed by atoms with Gasteiger partial charge in [-0.1, -0.05) is 12.1 Å². The molecule has 4 heteroatoms. The number of ether oxygens (including phenoxy) is 1. The molecule has 0 aliphatic rings. The fourth-order valence-corrected chi connectivity index (χ4v) is 1.74. The Kier molecular flexibility index (Phi) is 5.33. The van der Waals surface area contributed by atoms with Crippen molar-refractivity contribution in [1.29, 1.82) is 0 Å². The number of carboxylic acids is 1. The smallest absolute Gasteiger partial charge is 0.312 e. The first-order chi connectivity index (χ1) is 8.89. The minimum atomic E-state index is -1.30. The number of alkyl halides is 1. The molecule has 0 heterocycles. The van der Waals surface area contributed by atoms with Crippen molar-refractivity contribution < 1.29 is 19.0 Å². The van der Waals surface area contributed by atoms with E-state index in [1.807, 2.05) is 32.0 Å². The molecule has 1 rings (SSSR count). The summed E-state index contributed by atoms with van der Waals surface area (Å²) in [6, 6.07) is 5.93. The van der Waals surface area contributed by atoms with E-state index < -0.39 is 18.1 Å². The van der Waals surface area contributed by atoms with Crippen LogP contribution < -0.4 is 4.74 Å². The molecule has 0 saturated heterocycles. The minimum Gasteiger partial charge on any atom is -0.493 e. The molecule has 0 radical (unpaired) electrons. The number of benzene rings is 1. The lowest BCUT2D eigenvalue weighted by atomic mass is 9.87. The minimum absolute atomic E-state index is 0.268. The fourth-order valence-electron chi connectivity index (χ4n) is 1.74. The molecule has 0 spiro atoms. The van der Waals surface area contributed by atoms with Crippen LogP contribution in [-0.2, 0) is 4.79 Å². The molecule has 0 bridgehead atoms. The Hall–Kier alpha value is -1.58. The zero-order valence-corrected chi connectivity index (χ0v) is 11.7. The van der Waals surface area contributed by atoms with Gasteiger partial charge in [0, 0.05) is 0 Å². The molecule has 1 N–H and O–H groups in total. The Morgan fingerprint density at radius 2 is 2.11 bits per heavy atom. The molecule has 106 valence electrons. The van der Waals surface area contributed by atoms with Gasteiger partial charge in [-0.15, -0.1) is 0 Å². The van der Waals surface area contributed by atoms with Crippen molar-refractivity contribution >= 4 is 5.97 Å². The summed E-state index contributed by atoms with van der Waals surface area (Å²) in [6.07, 6.45) is 0.782. The summed E-state index contributed by atoms with van der Waals surface area (Å²) < 4.78 is 18.4. The standard InChI is InChI=1S/C15H21FO3/c1-11-5-6-12(2)13(9-11)19-8-4-7-15(3,10-16)14(17)18/h5-6,9H,4,7-8,10H2,1-3H3,(H,17,18). The Labute approximate surface area is 113 Å². The van der Waals surface area contributed by atoms with E-state index in [1.165, 1.54) is 6.92 Å². The number of carbonyl (C=O) groups is 1. The first-order valence-electron chi connectivity index (χ1n) is 6.38. The first-order valence-corrected chi connectivity index (χ1v) is 6.38. The highest BCUT2D eigenvalue weighted by Gasteiger charge is 2.32. The van der Waals surface area contributed by atoms with Gasteiger partial charge in [0.05, 0.1) is 12.0 Å². The average Bonchev–Trinajstić information content (AvgIpc) is 2.38. The zero-order valence-electron chi connectivity index (χ0n) is 11.7. The molecule has 1 aromatic rings. The van der Waals surface area contributed by atoms with E-state index in [0.717, 1.165) is 16.9 Å². The van der Waals surface area contributed by atoms with Crippen molar-refractivity contribution in [3.05, 3.63) is 29.3 Å². The van der Waals surface area contributed by atoms with Crippen molar-refractivity contribution in [1.82, 2.24) is 0 Å². The highest BCUT2D eigenvalue weighted by molar-refractivity contribution is 5.74. The van der Waals surface area contributed by atoms with E-state index in [-0.39, 0.29) is 6.42 Å². The summed E-state index contributed by atoms with van der Waals surface area (Å²) in [6.45, 7) is 4.90. The zero-order chi connectivity index (χ0) is 14.5. The molecule has 0 aromatic heterocycles. The van der Waals surface area contributed by atoms with Crippen LogP contribution in [0.3, 0.4) is 0 Å². The quantitative estimate of drug-likeness (QED) is 0.770. The van der Waals surface area contributed by atoms with Gasteiger partial charge >= 0.3 is 5.97 Å². The van der Waals surface area contributed by atoms with Crippen molar-refractivity contribution in [2.45, 2.75) is 33.6 Å². The number of rotatable bonds is 7. The lowest BCUT2D eigenvalue weighted by Crippen LogP contribution is -2.30. The van der Waals surface area contributed by atoms with Crippen molar-refractivity contribution in [3.63, 3.8) is 0 Å². The Balaban J connectivity index is 2.47. The van der Waals surface area contributed by atoms with E-state index >= 15 is 0 Å². The Bertz CT molecular complexity index is 445. The summed E-state index contributed by atoms with van der Waals surface area (Å²) in [4.78, 5) is 10.9. The monoisotopic (exact) mass is 268 g/mol. The van der Waals surface area contributed by atoms with Crippen LogP contribution in [0.4, 0.5) is 4.39 Å². The maximum atomic E-state index is 12.7. The van der Waals surface area contributed by atoms with Crippen molar-refractivity contribution in [2.24, 2.45) is 5.41 Å². The van der Waals surface area contributed by atoms with E-state index in [1.54, 1.807) is 0 Å². The van der Waals surface area contributed by atoms with E-state index in [0.29, 0.717) is 13.0 Å². The van der Waals surface area contributed by atoms with Crippen LogP contribution in [0.1, 0.15) is 30.9 Å². The third kappa shape index (κ3) is 4.23. The summed E-state index contributed by atoms with van der Waals surface area (Å²) in [7, 11) is 0. The van der Waals surface area contributed by atoms with Crippen LogP contribution in [0.2, 0.25) is 0 Å². The summed E-state index contributed by atoms with van der Waals surface area (Å²) in [5, 5.41) is 8.95. The van der Waals surface area contributed by atoms with Crippen LogP contribution in [0.25, 0.3) is 0 Å². The normalized spacial score (nSPS) is 13.9. The molecule has 19 heavy (non-hydrogen) atoms. The van der Waals surface area contributed by atoms with Gasteiger partial charge in [0.25, 0.3) is 0 Å². The van der Waals surface area contributed by atoms with Crippen LogP contribution in [-0.4, -0.2) is 24.4 Å². The number of carboxylic acid groups (broad SMARTS) is 1. The number of aliphatic carboxylic acids is 1. The highest BCUT2D eigenvalue weighted by Crippen LogP contribution is 2.25. The molecule has 0 aliphatic heterocycles. The van der Waals surface area contributed by atoms with E-state index in [9.17, 15) is 9.18 Å².